The van der Waals surface area contributed by atoms with Crippen LogP contribution in [0.25, 0.3) is 0 Å². The van der Waals surface area contributed by atoms with Crippen molar-refractivity contribution in [2.75, 3.05) is 32.7 Å². The number of hydrogen-bond donors (Lipinski definition) is 1. The molecule has 2 amide bonds. The van der Waals surface area contributed by atoms with Crippen LogP contribution in [0.15, 0.2) is 18.2 Å². The van der Waals surface area contributed by atoms with Gasteiger partial charge in [0.25, 0.3) is 0 Å². The van der Waals surface area contributed by atoms with Gasteiger partial charge in [0.05, 0.1) is 13.7 Å². The molecule has 1 aromatic rings. The van der Waals surface area contributed by atoms with Gasteiger partial charge in [-0.2, -0.15) is 0 Å². The van der Waals surface area contributed by atoms with Crippen LogP contribution in [0.5, 0.6) is 11.5 Å². The highest BCUT2D eigenvalue weighted by atomic mass is 35.5. The molecule has 0 aliphatic carbocycles. The zero-order chi connectivity index (χ0) is 20.4. The topological polar surface area (TPSA) is 67.9 Å². The monoisotopic (exact) mass is 410 g/mol. The second-order valence-electron chi connectivity index (χ2n) is 6.93. The summed E-state index contributed by atoms with van der Waals surface area (Å²) in [5.41, 5.74) is 1.05. The molecule has 7 heteroatoms. The maximum Gasteiger partial charge on any atom is 0.222 e. The van der Waals surface area contributed by atoms with E-state index in [0.717, 1.165) is 24.2 Å². The van der Waals surface area contributed by atoms with E-state index in [1.54, 1.807) is 7.11 Å². The number of likely N-dealkylation sites (tertiary alicyclic amines) is 1. The van der Waals surface area contributed by atoms with E-state index in [0.29, 0.717) is 57.0 Å². The minimum atomic E-state index is 0.0508. The van der Waals surface area contributed by atoms with E-state index >= 15 is 0 Å². The SMILES string of the molecule is CCOc1ccc(CCC(=O)N2CCC(NC(=O)CCCCl)CC2)cc1OC. The number of nitrogens with one attached hydrogen (secondary N) is 1. The van der Waals surface area contributed by atoms with Gasteiger partial charge in [0.15, 0.2) is 11.5 Å². The average Bonchev–Trinajstić information content (AvgIpc) is 2.72. The minimum Gasteiger partial charge on any atom is -0.493 e. The van der Waals surface area contributed by atoms with Crippen molar-refractivity contribution in [2.45, 2.75) is 51.5 Å². The van der Waals surface area contributed by atoms with E-state index in [9.17, 15) is 9.59 Å². The third-order valence-corrected chi connectivity index (χ3v) is 5.17. The summed E-state index contributed by atoms with van der Waals surface area (Å²) in [7, 11) is 1.62. The van der Waals surface area contributed by atoms with E-state index in [-0.39, 0.29) is 17.9 Å². The summed E-state index contributed by atoms with van der Waals surface area (Å²) in [5.74, 6) is 2.11. The van der Waals surface area contributed by atoms with Crippen LogP contribution in [0.4, 0.5) is 0 Å². The molecule has 1 fully saturated rings. The lowest BCUT2D eigenvalue weighted by Gasteiger charge is -2.32. The van der Waals surface area contributed by atoms with Crippen LogP contribution in [0.1, 0.15) is 44.6 Å². The number of hydrogen-bond acceptors (Lipinski definition) is 4. The number of carbonyl (C=O) groups excluding carboxylic acids is 2. The highest BCUT2D eigenvalue weighted by molar-refractivity contribution is 6.17. The Labute approximate surface area is 172 Å². The third kappa shape index (κ3) is 6.89. The Morgan fingerprint density at radius 1 is 1.21 bits per heavy atom. The molecule has 0 unspecified atom stereocenters. The summed E-state index contributed by atoms with van der Waals surface area (Å²) in [6, 6.07) is 5.95. The fraction of sp³-hybridized carbons (Fsp3) is 0.619. The predicted octanol–water partition coefficient (Wildman–Crippen LogP) is 3.15. The molecule has 1 aliphatic heterocycles. The van der Waals surface area contributed by atoms with E-state index in [4.69, 9.17) is 21.1 Å². The molecule has 0 spiro atoms. The van der Waals surface area contributed by atoms with E-state index < -0.39 is 0 Å². The summed E-state index contributed by atoms with van der Waals surface area (Å²) in [6.45, 7) is 3.88. The van der Waals surface area contributed by atoms with Gasteiger partial charge in [-0.3, -0.25) is 9.59 Å². The van der Waals surface area contributed by atoms with Crippen molar-refractivity contribution in [1.29, 1.82) is 0 Å². The van der Waals surface area contributed by atoms with Gasteiger partial charge in [0.1, 0.15) is 0 Å². The quantitative estimate of drug-likeness (QED) is 0.601. The third-order valence-electron chi connectivity index (χ3n) is 4.91. The average molecular weight is 411 g/mol. The smallest absolute Gasteiger partial charge is 0.222 e. The number of piperidine rings is 1. The maximum absolute atomic E-state index is 12.5. The lowest BCUT2D eigenvalue weighted by molar-refractivity contribution is -0.132. The zero-order valence-corrected chi connectivity index (χ0v) is 17.6. The Balaban J connectivity index is 1.76. The molecule has 0 atom stereocenters. The zero-order valence-electron chi connectivity index (χ0n) is 16.8. The second-order valence-corrected chi connectivity index (χ2v) is 7.31. The number of halogens is 1. The molecule has 0 radical (unpaired) electrons. The lowest BCUT2D eigenvalue weighted by atomic mass is 10.0. The van der Waals surface area contributed by atoms with Gasteiger partial charge in [-0.15, -0.1) is 11.6 Å². The first-order valence-corrected chi connectivity index (χ1v) is 10.5. The molecular weight excluding hydrogens is 380 g/mol. The number of aryl methyl sites for hydroxylation is 1. The van der Waals surface area contributed by atoms with E-state index in [1.807, 2.05) is 30.0 Å². The molecule has 1 N–H and O–H groups in total. The second kappa shape index (κ2) is 11.8. The highest BCUT2D eigenvalue weighted by Gasteiger charge is 2.23. The number of ether oxygens (including phenoxy) is 2. The van der Waals surface area contributed by atoms with Gasteiger partial charge in [-0.05, 0) is 50.3 Å². The Hall–Kier alpha value is -1.95. The summed E-state index contributed by atoms with van der Waals surface area (Å²) in [6.07, 6.45) is 3.89. The predicted molar refractivity (Wildman–Crippen MR) is 110 cm³/mol. The molecule has 1 aromatic carbocycles. The van der Waals surface area contributed by atoms with Crippen molar-refractivity contribution in [3.63, 3.8) is 0 Å². The number of nitrogens with zero attached hydrogens (tertiary/aromatic N) is 1. The lowest BCUT2D eigenvalue weighted by Crippen LogP contribution is -2.46. The number of rotatable bonds is 10. The fourth-order valence-corrected chi connectivity index (χ4v) is 3.49. The van der Waals surface area contributed by atoms with Gasteiger partial charge < -0.3 is 19.7 Å². The van der Waals surface area contributed by atoms with Crippen molar-refractivity contribution in [2.24, 2.45) is 0 Å². The number of methoxy groups -OCH3 is 1. The van der Waals surface area contributed by atoms with Crippen LogP contribution < -0.4 is 14.8 Å². The Morgan fingerprint density at radius 3 is 2.61 bits per heavy atom. The molecule has 28 heavy (non-hydrogen) atoms. The Kier molecular flexibility index (Phi) is 9.41. The van der Waals surface area contributed by atoms with Crippen molar-refractivity contribution in [1.82, 2.24) is 10.2 Å². The molecule has 0 bridgehead atoms. The van der Waals surface area contributed by atoms with Crippen LogP contribution in [0, 0.1) is 0 Å². The summed E-state index contributed by atoms with van der Waals surface area (Å²) in [4.78, 5) is 26.2. The molecule has 1 heterocycles. The van der Waals surface area contributed by atoms with Crippen molar-refractivity contribution in [3.8, 4) is 11.5 Å². The molecule has 6 nitrogen and oxygen atoms in total. The highest BCUT2D eigenvalue weighted by Crippen LogP contribution is 2.28. The van der Waals surface area contributed by atoms with Gasteiger partial charge in [-0.25, -0.2) is 0 Å². The number of carbonyl (C=O) groups is 2. The van der Waals surface area contributed by atoms with Gasteiger partial charge in [0, 0.05) is 37.9 Å². The Morgan fingerprint density at radius 2 is 1.96 bits per heavy atom. The normalized spacial score (nSPS) is 14.6. The first-order valence-electron chi connectivity index (χ1n) is 10.00. The summed E-state index contributed by atoms with van der Waals surface area (Å²) < 4.78 is 10.9. The molecular formula is C21H31ClN2O4. The van der Waals surface area contributed by atoms with Crippen LogP contribution in [-0.4, -0.2) is 55.4 Å². The standard InChI is InChI=1S/C21H31ClN2O4/c1-3-28-18-8-6-16(15-19(18)27-2)7-9-21(26)24-13-10-17(11-14-24)23-20(25)5-4-12-22/h6,8,15,17H,3-5,7,9-14H2,1-2H3,(H,23,25). The van der Waals surface area contributed by atoms with Crippen molar-refractivity contribution in [3.05, 3.63) is 23.8 Å². The van der Waals surface area contributed by atoms with Crippen LogP contribution >= 0.6 is 11.6 Å². The van der Waals surface area contributed by atoms with Crippen LogP contribution in [-0.2, 0) is 16.0 Å². The van der Waals surface area contributed by atoms with E-state index in [1.165, 1.54) is 0 Å². The fourth-order valence-electron chi connectivity index (χ4n) is 3.35. The number of amides is 2. The van der Waals surface area contributed by atoms with Crippen molar-refractivity contribution >= 4 is 23.4 Å². The number of benzene rings is 1. The Bertz CT molecular complexity index is 645. The van der Waals surface area contributed by atoms with E-state index in [2.05, 4.69) is 5.32 Å². The van der Waals surface area contributed by atoms with Gasteiger partial charge in [0.2, 0.25) is 11.8 Å². The molecule has 2 rings (SSSR count). The van der Waals surface area contributed by atoms with Crippen LogP contribution in [0.3, 0.4) is 0 Å². The minimum absolute atomic E-state index is 0.0508. The molecule has 0 aromatic heterocycles. The largest absolute Gasteiger partial charge is 0.493 e. The molecule has 0 saturated carbocycles. The van der Waals surface area contributed by atoms with Crippen LogP contribution in [0.2, 0.25) is 0 Å². The molecule has 1 aliphatic rings. The van der Waals surface area contributed by atoms with Gasteiger partial charge >= 0.3 is 0 Å². The summed E-state index contributed by atoms with van der Waals surface area (Å²) in [5, 5.41) is 3.04. The number of alkyl halides is 1. The first-order chi connectivity index (χ1) is 13.6. The summed E-state index contributed by atoms with van der Waals surface area (Å²) >= 11 is 5.62. The molecule has 156 valence electrons. The van der Waals surface area contributed by atoms with Crippen molar-refractivity contribution < 1.29 is 19.1 Å². The maximum atomic E-state index is 12.5. The first kappa shape index (κ1) is 22.3. The van der Waals surface area contributed by atoms with Gasteiger partial charge in [-0.1, -0.05) is 6.07 Å². The molecule has 1 saturated heterocycles.